The minimum atomic E-state index is -2.56. The van der Waals surface area contributed by atoms with Crippen molar-refractivity contribution in [3.05, 3.63) is 35.7 Å². The third kappa shape index (κ3) is 3.72. The second-order valence-corrected chi connectivity index (χ2v) is 5.94. The molecule has 5 nitrogen and oxygen atoms in total. The van der Waals surface area contributed by atoms with Gasteiger partial charge in [-0.05, 0) is 38.0 Å². The van der Waals surface area contributed by atoms with Crippen molar-refractivity contribution in [3.63, 3.8) is 0 Å². The topological polar surface area (TPSA) is 59.8 Å². The van der Waals surface area contributed by atoms with Crippen molar-refractivity contribution in [1.82, 2.24) is 14.8 Å². The fourth-order valence-electron chi connectivity index (χ4n) is 2.73. The lowest BCUT2D eigenvalue weighted by Gasteiger charge is -2.29. The Kier molecular flexibility index (Phi) is 4.11. The van der Waals surface area contributed by atoms with E-state index in [2.05, 4.69) is 15.4 Å². The predicted molar refractivity (Wildman–Crippen MR) is 82.3 cm³/mol. The van der Waals surface area contributed by atoms with E-state index in [1.807, 2.05) is 13.0 Å². The number of carbonyl (C=O) groups is 1. The molecule has 1 aliphatic rings. The summed E-state index contributed by atoms with van der Waals surface area (Å²) in [5.74, 6) is -1.53. The molecule has 122 valence electrons. The Labute approximate surface area is 132 Å². The van der Waals surface area contributed by atoms with Gasteiger partial charge in [0.1, 0.15) is 12.1 Å². The summed E-state index contributed by atoms with van der Waals surface area (Å²) >= 11 is 0. The van der Waals surface area contributed by atoms with Crippen LogP contribution in [0.2, 0.25) is 0 Å². The number of nitrogens with zero attached hydrogens (tertiary/aromatic N) is 3. The van der Waals surface area contributed by atoms with Crippen LogP contribution in [-0.4, -0.2) is 33.0 Å². The Bertz CT molecular complexity index is 704. The summed E-state index contributed by atoms with van der Waals surface area (Å²) in [5, 5.41) is 7.44. The molecule has 2 aromatic heterocycles. The quantitative estimate of drug-likeness (QED) is 0.877. The highest BCUT2D eigenvalue weighted by Gasteiger charge is 2.34. The molecule has 0 unspecified atom stereocenters. The number of anilines is 1. The second kappa shape index (κ2) is 6.06. The lowest BCUT2D eigenvalue weighted by molar-refractivity contribution is -0.0361. The maximum atomic E-state index is 13.2. The van der Waals surface area contributed by atoms with Gasteiger partial charge < -0.3 is 5.32 Å². The molecule has 0 saturated heterocycles. The van der Waals surface area contributed by atoms with Crippen LogP contribution >= 0.6 is 0 Å². The van der Waals surface area contributed by atoms with Gasteiger partial charge >= 0.3 is 0 Å². The second-order valence-electron chi connectivity index (χ2n) is 5.94. The number of aryl methyl sites for hydroxylation is 1. The predicted octanol–water partition coefficient (Wildman–Crippen LogP) is 3.38. The first-order chi connectivity index (χ1) is 10.9. The fourth-order valence-corrected chi connectivity index (χ4v) is 2.73. The highest BCUT2D eigenvalue weighted by atomic mass is 19.3. The maximum Gasteiger partial charge on any atom is 0.248 e. The molecule has 0 spiro atoms. The van der Waals surface area contributed by atoms with E-state index < -0.39 is 5.92 Å². The zero-order valence-corrected chi connectivity index (χ0v) is 12.8. The van der Waals surface area contributed by atoms with Crippen LogP contribution in [0.3, 0.4) is 0 Å². The molecule has 0 atom stereocenters. The normalized spacial score (nSPS) is 17.9. The molecule has 7 heteroatoms. The van der Waals surface area contributed by atoms with Gasteiger partial charge in [-0.2, -0.15) is 5.10 Å². The highest BCUT2D eigenvalue weighted by Crippen LogP contribution is 2.34. The van der Waals surface area contributed by atoms with Crippen molar-refractivity contribution >= 4 is 12.1 Å². The summed E-state index contributed by atoms with van der Waals surface area (Å²) in [7, 11) is 0. The largest absolute Gasteiger partial charge is 0.367 e. The van der Waals surface area contributed by atoms with Crippen LogP contribution in [0.15, 0.2) is 24.4 Å². The summed E-state index contributed by atoms with van der Waals surface area (Å²) in [6.45, 7) is 1.86. The Hall–Kier alpha value is -2.31. The third-order valence-electron chi connectivity index (χ3n) is 4.00. The summed E-state index contributed by atoms with van der Waals surface area (Å²) < 4.78 is 28.0. The minimum absolute atomic E-state index is 0.0590. The summed E-state index contributed by atoms with van der Waals surface area (Å²) in [4.78, 5) is 15.6. The molecule has 2 aromatic rings. The van der Waals surface area contributed by atoms with E-state index >= 15 is 0 Å². The maximum absolute atomic E-state index is 13.2. The van der Waals surface area contributed by atoms with E-state index in [0.717, 1.165) is 12.0 Å². The number of hydrogen-bond donors (Lipinski definition) is 1. The Morgan fingerprint density at radius 1 is 1.35 bits per heavy atom. The number of alkyl halides is 2. The standard InChI is InChI=1S/C16H18F2N4O/c1-11-4-7-22(21-11)15-9-12(10-23)8-14(20-15)19-13-2-5-16(17,18)6-3-13/h4,7-10,13H,2-3,5-6H2,1H3,(H,19,20). The average Bonchev–Trinajstić information content (AvgIpc) is 2.96. The number of pyridine rings is 1. The van der Waals surface area contributed by atoms with E-state index in [1.54, 1.807) is 23.0 Å². The van der Waals surface area contributed by atoms with Gasteiger partial charge in [0.05, 0.1) is 5.69 Å². The lowest BCUT2D eigenvalue weighted by atomic mass is 9.92. The van der Waals surface area contributed by atoms with Gasteiger partial charge in [-0.3, -0.25) is 4.79 Å². The van der Waals surface area contributed by atoms with Crippen molar-refractivity contribution in [2.75, 3.05) is 5.32 Å². The van der Waals surface area contributed by atoms with Gasteiger partial charge in [0.2, 0.25) is 5.92 Å². The van der Waals surface area contributed by atoms with Crippen LogP contribution in [0, 0.1) is 6.92 Å². The van der Waals surface area contributed by atoms with Crippen molar-refractivity contribution < 1.29 is 13.6 Å². The van der Waals surface area contributed by atoms with Crippen LogP contribution in [0.25, 0.3) is 5.82 Å². The number of carbonyl (C=O) groups excluding carboxylic acids is 1. The van der Waals surface area contributed by atoms with E-state index in [9.17, 15) is 13.6 Å². The molecular weight excluding hydrogens is 302 g/mol. The zero-order chi connectivity index (χ0) is 16.4. The third-order valence-corrected chi connectivity index (χ3v) is 4.00. The minimum Gasteiger partial charge on any atom is -0.367 e. The Balaban J connectivity index is 1.80. The molecule has 0 aliphatic heterocycles. The van der Waals surface area contributed by atoms with Gasteiger partial charge in [0.25, 0.3) is 0 Å². The molecule has 3 rings (SSSR count). The van der Waals surface area contributed by atoms with Crippen LogP contribution in [0.5, 0.6) is 0 Å². The van der Waals surface area contributed by atoms with Crippen LogP contribution in [-0.2, 0) is 0 Å². The molecular formula is C16H18F2N4O. The molecule has 0 bridgehead atoms. The van der Waals surface area contributed by atoms with Crippen molar-refractivity contribution in [2.45, 2.75) is 44.6 Å². The molecule has 1 N–H and O–H groups in total. The molecule has 0 amide bonds. The number of aldehydes is 1. The number of nitrogens with one attached hydrogen (secondary N) is 1. The van der Waals surface area contributed by atoms with Crippen molar-refractivity contribution in [1.29, 1.82) is 0 Å². The Morgan fingerprint density at radius 2 is 2.09 bits per heavy atom. The van der Waals surface area contributed by atoms with Crippen LogP contribution in [0.1, 0.15) is 41.7 Å². The fraction of sp³-hybridized carbons (Fsp3) is 0.438. The molecule has 23 heavy (non-hydrogen) atoms. The van der Waals surface area contributed by atoms with Gasteiger partial charge in [0, 0.05) is 30.6 Å². The first-order valence-electron chi connectivity index (χ1n) is 7.59. The van der Waals surface area contributed by atoms with E-state index in [4.69, 9.17) is 0 Å². The molecule has 1 fully saturated rings. The van der Waals surface area contributed by atoms with Crippen molar-refractivity contribution in [2.24, 2.45) is 0 Å². The van der Waals surface area contributed by atoms with Crippen LogP contribution in [0.4, 0.5) is 14.6 Å². The molecule has 0 radical (unpaired) electrons. The summed E-state index contributed by atoms with van der Waals surface area (Å²) in [6.07, 6.45) is 3.03. The first kappa shape index (κ1) is 15.6. The van der Waals surface area contributed by atoms with E-state index in [0.29, 0.717) is 30.0 Å². The average molecular weight is 320 g/mol. The van der Waals surface area contributed by atoms with Crippen molar-refractivity contribution in [3.8, 4) is 5.82 Å². The van der Waals surface area contributed by atoms with Crippen LogP contribution < -0.4 is 5.32 Å². The van der Waals surface area contributed by atoms with E-state index in [1.165, 1.54) is 0 Å². The number of hydrogen-bond acceptors (Lipinski definition) is 4. The molecule has 1 saturated carbocycles. The van der Waals surface area contributed by atoms with Gasteiger partial charge in [-0.15, -0.1) is 0 Å². The number of halogens is 2. The molecule has 0 aromatic carbocycles. The smallest absolute Gasteiger partial charge is 0.248 e. The highest BCUT2D eigenvalue weighted by molar-refractivity contribution is 5.77. The number of aromatic nitrogens is 3. The monoisotopic (exact) mass is 320 g/mol. The zero-order valence-electron chi connectivity index (χ0n) is 12.8. The SMILES string of the molecule is Cc1ccn(-c2cc(C=O)cc(NC3CCC(F)(F)CC3)n2)n1. The molecule has 2 heterocycles. The number of rotatable bonds is 4. The summed E-state index contributed by atoms with van der Waals surface area (Å²) in [6, 6.07) is 5.04. The van der Waals surface area contributed by atoms with Gasteiger partial charge in [-0.25, -0.2) is 18.4 Å². The molecule has 1 aliphatic carbocycles. The lowest BCUT2D eigenvalue weighted by Crippen LogP contribution is -2.32. The van der Waals surface area contributed by atoms with Gasteiger partial charge in [0.15, 0.2) is 5.82 Å². The van der Waals surface area contributed by atoms with E-state index in [-0.39, 0.29) is 18.9 Å². The summed E-state index contributed by atoms with van der Waals surface area (Å²) in [5.41, 5.74) is 1.30. The van der Waals surface area contributed by atoms with Gasteiger partial charge in [-0.1, -0.05) is 0 Å². The first-order valence-corrected chi connectivity index (χ1v) is 7.59. The Morgan fingerprint density at radius 3 is 2.70 bits per heavy atom.